The Hall–Kier alpha value is -1.69. The Bertz CT molecular complexity index is 455. The maximum Gasteiger partial charge on any atom is 0.406 e. The minimum atomic E-state index is -0.848. The molecule has 0 saturated heterocycles. The molecule has 18 heavy (non-hydrogen) atoms. The number of hydrogen-bond donors (Lipinski definition) is 1. The van der Waals surface area contributed by atoms with Gasteiger partial charge in [-0.2, -0.15) is 0 Å². The highest BCUT2D eigenvalue weighted by molar-refractivity contribution is 5.40. The average Bonchev–Trinajstić information content (AvgIpc) is 2.75. The lowest BCUT2D eigenvalue weighted by Gasteiger charge is -2.21. The molecule has 6 heteroatoms. The van der Waals surface area contributed by atoms with Gasteiger partial charge in [-0.3, -0.25) is 0 Å². The number of aliphatic hydroxyl groups is 1. The van der Waals surface area contributed by atoms with Gasteiger partial charge in [-0.25, -0.2) is 0 Å². The zero-order chi connectivity index (χ0) is 13.2. The highest BCUT2D eigenvalue weighted by Crippen LogP contribution is 2.32. The maximum absolute atomic E-state index is 10.9. The standard InChI is InChI=1S/C12H16N2O4/c1-9-4-5-10(11(13-9)14(16)17)18-8-12(15)6-2-3-7-12/h4-5,15H,2-3,6-8H2,1H3. The van der Waals surface area contributed by atoms with Gasteiger partial charge in [0.05, 0.1) is 5.60 Å². The molecule has 98 valence electrons. The number of nitro groups is 1. The molecule has 1 fully saturated rings. The van der Waals surface area contributed by atoms with Crippen molar-refractivity contribution in [2.24, 2.45) is 0 Å². The third-order valence-corrected chi connectivity index (χ3v) is 3.18. The second kappa shape index (κ2) is 4.89. The Morgan fingerprint density at radius 3 is 2.78 bits per heavy atom. The van der Waals surface area contributed by atoms with Crippen molar-refractivity contribution in [3.05, 3.63) is 27.9 Å². The average molecular weight is 252 g/mol. The third-order valence-electron chi connectivity index (χ3n) is 3.18. The summed E-state index contributed by atoms with van der Waals surface area (Å²) in [5.41, 5.74) is -0.285. The lowest BCUT2D eigenvalue weighted by molar-refractivity contribution is -0.390. The first kappa shape index (κ1) is 12.8. The number of pyridine rings is 1. The van der Waals surface area contributed by atoms with Crippen LogP contribution in [0.2, 0.25) is 0 Å². The van der Waals surface area contributed by atoms with Crippen LogP contribution in [0.3, 0.4) is 0 Å². The Morgan fingerprint density at radius 2 is 2.17 bits per heavy atom. The van der Waals surface area contributed by atoms with Gasteiger partial charge in [0.2, 0.25) is 5.75 Å². The molecule has 1 heterocycles. The Labute approximate surface area is 105 Å². The normalized spacial score (nSPS) is 17.7. The van der Waals surface area contributed by atoms with Crippen LogP contribution in [-0.2, 0) is 0 Å². The van der Waals surface area contributed by atoms with Crippen molar-refractivity contribution in [1.29, 1.82) is 0 Å². The van der Waals surface area contributed by atoms with Crippen LogP contribution in [0.25, 0.3) is 0 Å². The van der Waals surface area contributed by atoms with Crippen molar-refractivity contribution in [3.63, 3.8) is 0 Å². The van der Waals surface area contributed by atoms with E-state index in [-0.39, 0.29) is 18.2 Å². The lowest BCUT2D eigenvalue weighted by atomic mass is 10.0. The van der Waals surface area contributed by atoms with E-state index in [9.17, 15) is 15.2 Å². The van der Waals surface area contributed by atoms with Crippen LogP contribution in [0.4, 0.5) is 5.82 Å². The van der Waals surface area contributed by atoms with E-state index in [4.69, 9.17) is 4.74 Å². The van der Waals surface area contributed by atoms with Gasteiger partial charge in [-0.05, 0) is 34.9 Å². The van der Waals surface area contributed by atoms with E-state index in [2.05, 4.69) is 4.98 Å². The van der Waals surface area contributed by atoms with Crippen molar-refractivity contribution < 1.29 is 14.8 Å². The first-order chi connectivity index (χ1) is 8.50. The SMILES string of the molecule is Cc1ccc(OCC2(O)CCCC2)c([N+](=O)[O-])n1. The molecule has 6 nitrogen and oxygen atoms in total. The third kappa shape index (κ3) is 2.76. The Kier molecular flexibility index (Phi) is 3.47. The molecule has 0 spiro atoms. The number of aromatic nitrogens is 1. The fourth-order valence-corrected chi connectivity index (χ4v) is 2.16. The molecule has 0 aromatic carbocycles. The van der Waals surface area contributed by atoms with Gasteiger partial charge in [0, 0.05) is 6.92 Å². The van der Waals surface area contributed by atoms with Crippen LogP contribution < -0.4 is 4.74 Å². The first-order valence-electron chi connectivity index (χ1n) is 5.97. The van der Waals surface area contributed by atoms with Gasteiger partial charge in [0.15, 0.2) is 0 Å². The summed E-state index contributed by atoms with van der Waals surface area (Å²) in [6.45, 7) is 1.76. The van der Waals surface area contributed by atoms with Crippen molar-refractivity contribution >= 4 is 5.82 Å². The van der Waals surface area contributed by atoms with Crippen molar-refractivity contribution in [1.82, 2.24) is 4.98 Å². The van der Waals surface area contributed by atoms with Crippen LogP contribution in [-0.4, -0.2) is 27.2 Å². The molecule has 1 aliphatic rings. The minimum Gasteiger partial charge on any atom is -0.483 e. The first-order valence-corrected chi connectivity index (χ1v) is 5.97. The highest BCUT2D eigenvalue weighted by atomic mass is 16.6. The second-order valence-electron chi connectivity index (χ2n) is 4.75. The molecule has 0 atom stereocenters. The fourth-order valence-electron chi connectivity index (χ4n) is 2.16. The summed E-state index contributed by atoms with van der Waals surface area (Å²) in [7, 11) is 0. The molecule has 1 saturated carbocycles. The van der Waals surface area contributed by atoms with Crippen LogP contribution in [0.15, 0.2) is 12.1 Å². The van der Waals surface area contributed by atoms with Gasteiger partial charge in [-0.1, -0.05) is 12.8 Å². The van der Waals surface area contributed by atoms with Crippen LogP contribution in [0.5, 0.6) is 5.75 Å². The van der Waals surface area contributed by atoms with E-state index < -0.39 is 10.5 Å². The minimum absolute atomic E-state index is 0.0819. The maximum atomic E-state index is 10.9. The zero-order valence-corrected chi connectivity index (χ0v) is 10.3. The number of nitrogens with zero attached hydrogens (tertiary/aromatic N) is 2. The van der Waals surface area contributed by atoms with E-state index in [1.165, 1.54) is 6.07 Å². The second-order valence-corrected chi connectivity index (χ2v) is 4.75. The summed E-state index contributed by atoms with van der Waals surface area (Å²) in [5.74, 6) is -0.178. The quantitative estimate of drug-likeness (QED) is 0.654. The van der Waals surface area contributed by atoms with Gasteiger partial charge < -0.3 is 20.0 Å². The molecular weight excluding hydrogens is 236 g/mol. The van der Waals surface area contributed by atoms with Crippen LogP contribution >= 0.6 is 0 Å². The summed E-state index contributed by atoms with van der Waals surface area (Å²) in [4.78, 5) is 14.1. The number of aryl methyl sites for hydroxylation is 1. The Morgan fingerprint density at radius 1 is 1.50 bits per heavy atom. The monoisotopic (exact) mass is 252 g/mol. The number of hydrogen-bond acceptors (Lipinski definition) is 5. The van der Waals surface area contributed by atoms with Crippen molar-refractivity contribution in [2.75, 3.05) is 6.61 Å². The van der Waals surface area contributed by atoms with E-state index in [1.807, 2.05) is 0 Å². The molecule has 1 aromatic heterocycles. The largest absolute Gasteiger partial charge is 0.483 e. The molecule has 0 bridgehead atoms. The summed E-state index contributed by atoms with van der Waals surface area (Å²) >= 11 is 0. The Balaban J connectivity index is 2.11. The smallest absolute Gasteiger partial charge is 0.406 e. The van der Waals surface area contributed by atoms with Crippen molar-refractivity contribution in [3.8, 4) is 5.75 Å². The number of rotatable bonds is 4. The summed E-state index contributed by atoms with van der Waals surface area (Å²) < 4.78 is 5.39. The number of ether oxygens (including phenoxy) is 1. The molecule has 1 N–H and O–H groups in total. The molecule has 2 rings (SSSR count). The zero-order valence-electron chi connectivity index (χ0n) is 10.3. The van der Waals surface area contributed by atoms with Gasteiger partial charge in [0.25, 0.3) is 0 Å². The molecule has 1 aliphatic carbocycles. The van der Waals surface area contributed by atoms with Crippen molar-refractivity contribution in [2.45, 2.75) is 38.2 Å². The molecule has 1 aromatic rings. The van der Waals surface area contributed by atoms with Gasteiger partial charge >= 0.3 is 5.82 Å². The predicted molar refractivity (Wildman–Crippen MR) is 64.5 cm³/mol. The topological polar surface area (TPSA) is 85.5 Å². The van der Waals surface area contributed by atoms with E-state index in [1.54, 1.807) is 13.0 Å². The van der Waals surface area contributed by atoms with Crippen LogP contribution in [0, 0.1) is 17.0 Å². The summed E-state index contributed by atoms with van der Waals surface area (Å²) in [6, 6.07) is 3.18. The molecule has 0 unspecified atom stereocenters. The molecular formula is C12H16N2O4. The van der Waals surface area contributed by atoms with E-state index >= 15 is 0 Å². The lowest BCUT2D eigenvalue weighted by Crippen LogP contribution is -2.32. The predicted octanol–water partition coefficient (Wildman–Crippen LogP) is 1.98. The fraction of sp³-hybridized carbons (Fsp3) is 0.583. The van der Waals surface area contributed by atoms with E-state index in [0.29, 0.717) is 18.5 Å². The highest BCUT2D eigenvalue weighted by Gasteiger charge is 2.32. The molecule has 0 amide bonds. The van der Waals surface area contributed by atoms with Gasteiger partial charge in [0.1, 0.15) is 12.3 Å². The summed E-state index contributed by atoms with van der Waals surface area (Å²) in [6.07, 6.45) is 3.29. The summed E-state index contributed by atoms with van der Waals surface area (Å²) in [5, 5.41) is 21.0. The van der Waals surface area contributed by atoms with Gasteiger partial charge in [-0.15, -0.1) is 0 Å². The van der Waals surface area contributed by atoms with E-state index in [0.717, 1.165) is 12.8 Å². The molecule has 0 radical (unpaired) electrons. The van der Waals surface area contributed by atoms with Crippen LogP contribution in [0.1, 0.15) is 31.4 Å². The molecule has 0 aliphatic heterocycles.